The molecule has 1 aliphatic heterocycles. The maximum atomic E-state index is 10.9. The number of aryl methyl sites for hydroxylation is 1. The molecule has 0 bridgehead atoms. The molecule has 106 valence electrons. The highest BCUT2D eigenvalue weighted by atomic mass is 16.5. The largest absolute Gasteiger partial charge is 0.481 e. The Labute approximate surface area is 118 Å². The highest BCUT2D eigenvalue weighted by Crippen LogP contribution is 2.41. The van der Waals surface area contributed by atoms with Gasteiger partial charge in [0.1, 0.15) is 5.60 Å². The molecule has 4 nitrogen and oxygen atoms in total. The second kappa shape index (κ2) is 4.63. The highest BCUT2D eigenvalue weighted by Gasteiger charge is 2.37. The van der Waals surface area contributed by atoms with Crippen LogP contribution in [0.25, 0.3) is 10.9 Å². The summed E-state index contributed by atoms with van der Waals surface area (Å²) in [5.41, 5.74) is 3.11. The number of rotatable bonds is 3. The lowest BCUT2D eigenvalue weighted by Gasteiger charge is -2.35. The summed E-state index contributed by atoms with van der Waals surface area (Å²) in [7, 11) is 2.04. The molecule has 0 amide bonds. The average molecular weight is 273 g/mol. The van der Waals surface area contributed by atoms with Gasteiger partial charge in [-0.25, -0.2) is 0 Å². The maximum absolute atomic E-state index is 10.9. The number of para-hydroxylation sites is 1. The lowest BCUT2D eigenvalue weighted by Crippen LogP contribution is -2.34. The van der Waals surface area contributed by atoms with Gasteiger partial charge in [0.25, 0.3) is 0 Å². The fraction of sp³-hybridized carbons (Fsp3) is 0.438. The van der Waals surface area contributed by atoms with Crippen molar-refractivity contribution in [3.05, 3.63) is 35.5 Å². The number of carbonyl (C=O) groups is 1. The van der Waals surface area contributed by atoms with Crippen LogP contribution in [-0.4, -0.2) is 22.2 Å². The molecule has 4 heteroatoms. The molecule has 3 rings (SSSR count). The van der Waals surface area contributed by atoms with Crippen LogP contribution in [0.1, 0.15) is 31.0 Å². The van der Waals surface area contributed by atoms with E-state index >= 15 is 0 Å². The van der Waals surface area contributed by atoms with E-state index in [0.717, 1.165) is 12.1 Å². The SMILES string of the molecule is Cn1c2c(c3ccccc31)CCOC2(C)CCC(=O)O. The average Bonchev–Trinajstić information content (AvgIpc) is 2.73. The van der Waals surface area contributed by atoms with E-state index in [0.29, 0.717) is 13.0 Å². The first-order valence-corrected chi connectivity index (χ1v) is 6.95. The Balaban J connectivity index is 2.15. The van der Waals surface area contributed by atoms with Crippen LogP contribution in [0.3, 0.4) is 0 Å². The maximum Gasteiger partial charge on any atom is 0.303 e. The molecule has 1 aromatic carbocycles. The van der Waals surface area contributed by atoms with E-state index in [1.807, 2.05) is 26.1 Å². The lowest BCUT2D eigenvalue weighted by molar-refractivity contribution is -0.139. The van der Waals surface area contributed by atoms with Crippen LogP contribution in [0.2, 0.25) is 0 Å². The van der Waals surface area contributed by atoms with E-state index in [1.54, 1.807) is 0 Å². The van der Waals surface area contributed by atoms with Crippen LogP contribution < -0.4 is 0 Å². The van der Waals surface area contributed by atoms with Gasteiger partial charge in [-0.05, 0) is 31.4 Å². The normalized spacial score (nSPS) is 21.9. The Morgan fingerprint density at radius 3 is 2.95 bits per heavy atom. The third-order valence-corrected chi connectivity index (χ3v) is 4.30. The number of hydrogen-bond donors (Lipinski definition) is 1. The number of ether oxygens (including phenoxy) is 1. The molecule has 0 spiro atoms. The van der Waals surface area contributed by atoms with Crippen molar-refractivity contribution in [3.8, 4) is 0 Å². The molecule has 2 heterocycles. The van der Waals surface area contributed by atoms with Gasteiger partial charge in [0.05, 0.1) is 12.3 Å². The second-order valence-electron chi connectivity index (χ2n) is 5.63. The fourth-order valence-electron chi connectivity index (χ4n) is 3.38. The molecule has 1 N–H and O–H groups in total. The smallest absolute Gasteiger partial charge is 0.303 e. The van der Waals surface area contributed by atoms with Crippen molar-refractivity contribution in [2.45, 2.75) is 31.8 Å². The van der Waals surface area contributed by atoms with Crippen molar-refractivity contribution in [2.24, 2.45) is 7.05 Å². The topological polar surface area (TPSA) is 51.5 Å². The predicted molar refractivity (Wildman–Crippen MR) is 76.8 cm³/mol. The van der Waals surface area contributed by atoms with E-state index in [9.17, 15) is 4.79 Å². The molecule has 1 unspecified atom stereocenters. The van der Waals surface area contributed by atoms with Gasteiger partial charge in [-0.3, -0.25) is 4.79 Å². The number of fused-ring (bicyclic) bond motifs is 3. The molecule has 2 aromatic rings. The van der Waals surface area contributed by atoms with Gasteiger partial charge >= 0.3 is 5.97 Å². The summed E-state index contributed by atoms with van der Waals surface area (Å²) in [6, 6.07) is 8.32. The van der Waals surface area contributed by atoms with Gasteiger partial charge < -0.3 is 14.4 Å². The number of aromatic nitrogens is 1. The molecule has 0 saturated carbocycles. The van der Waals surface area contributed by atoms with Gasteiger partial charge in [-0.15, -0.1) is 0 Å². The fourth-order valence-corrected chi connectivity index (χ4v) is 3.38. The number of hydrogen-bond acceptors (Lipinski definition) is 2. The molecule has 1 aliphatic rings. The van der Waals surface area contributed by atoms with Crippen molar-refractivity contribution in [1.29, 1.82) is 0 Å². The van der Waals surface area contributed by atoms with Crippen molar-refractivity contribution >= 4 is 16.9 Å². The van der Waals surface area contributed by atoms with E-state index in [-0.39, 0.29) is 6.42 Å². The zero-order valence-corrected chi connectivity index (χ0v) is 11.8. The highest BCUT2D eigenvalue weighted by molar-refractivity contribution is 5.86. The first-order valence-electron chi connectivity index (χ1n) is 6.95. The summed E-state index contributed by atoms with van der Waals surface area (Å²) < 4.78 is 8.13. The minimum Gasteiger partial charge on any atom is -0.481 e. The van der Waals surface area contributed by atoms with Crippen molar-refractivity contribution in [1.82, 2.24) is 4.57 Å². The Morgan fingerprint density at radius 2 is 2.20 bits per heavy atom. The first kappa shape index (κ1) is 13.2. The molecule has 0 saturated heterocycles. The number of nitrogens with zero attached hydrogens (tertiary/aromatic N) is 1. The summed E-state index contributed by atoms with van der Waals surface area (Å²) in [6.45, 7) is 2.66. The van der Waals surface area contributed by atoms with Crippen LogP contribution in [0.15, 0.2) is 24.3 Å². The van der Waals surface area contributed by atoms with Crippen LogP contribution >= 0.6 is 0 Å². The Hall–Kier alpha value is -1.81. The molecular formula is C16H19NO3. The molecule has 0 radical (unpaired) electrons. The standard InChI is InChI=1S/C16H19NO3/c1-16(9-7-14(18)19)15-12(8-10-20-16)11-5-3-4-6-13(11)17(15)2/h3-6H,7-10H2,1-2H3,(H,18,19). The Kier molecular flexibility index (Phi) is 3.05. The Morgan fingerprint density at radius 1 is 1.45 bits per heavy atom. The summed E-state index contributed by atoms with van der Waals surface area (Å²) in [5, 5.41) is 10.2. The molecule has 0 aliphatic carbocycles. The van der Waals surface area contributed by atoms with E-state index in [2.05, 4.69) is 16.7 Å². The second-order valence-corrected chi connectivity index (χ2v) is 5.63. The minimum atomic E-state index is -0.777. The van der Waals surface area contributed by atoms with E-state index < -0.39 is 11.6 Å². The lowest BCUT2D eigenvalue weighted by atomic mass is 9.89. The van der Waals surface area contributed by atoms with Crippen LogP contribution in [-0.2, 0) is 28.6 Å². The zero-order chi connectivity index (χ0) is 14.3. The van der Waals surface area contributed by atoms with Gasteiger partial charge in [-0.1, -0.05) is 18.2 Å². The zero-order valence-electron chi connectivity index (χ0n) is 11.8. The third-order valence-electron chi connectivity index (χ3n) is 4.30. The number of benzene rings is 1. The van der Waals surface area contributed by atoms with Crippen LogP contribution in [0.4, 0.5) is 0 Å². The molecule has 20 heavy (non-hydrogen) atoms. The van der Waals surface area contributed by atoms with E-state index in [1.165, 1.54) is 16.5 Å². The number of carboxylic acid groups (broad SMARTS) is 1. The predicted octanol–water partition coefficient (Wildman–Crippen LogP) is 2.83. The summed E-state index contributed by atoms with van der Waals surface area (Å²) >= 11 is 0. The van der Waals surface area contributed by atoms with Gasteiger partial charge in [0.2, 0.25) is 0 Å². The molecule has 1 aromatic heterocycles. The van der Waals surface area contributed by atoms with Gasteiger partial charge in [0.15, 0.2) is 0 Å². The summed E-state index contributed by atoms with van der Waals surface area (Å²) in [6.07, 6.45) is 1.51. The van der Waals surface area contributed by atoms with Crippen LogP contribution in [0, 0.1) is 0 Å². The van der Waals surface area contributed by atoms with E-state index in [4.69, 9.17) is 9.84 Å². The van der Waals surface area contributed by atoms with Gasteiger partial charge in [-0.2, -0.15) is 0 Å². The number of aliphatic carboxylic acids is 1. The Bertz CT molecular complexity index is 674. The monoisotopic (exact) mass is 273 g/mol. The molecule has 0 fully saturated rings. The molecular weight excluding hydrogens is 254 g/mol. The van der Waals surface area contributed by atoms with Crippen molar-refractivity contribution < 1.29 is 14.6 Å². The minimum absolute atomic E-state index is 0.122. The summed E-state index contributed by atoms with van der Waals surface area (Å²) in [4.78, 5) is 10.9. The quantitative estimate of drug-likeness (QED) is 0.935. The number of carboxylic acids is 1. The van der Waals surface area contributed by atoms with Crippen molar-refractivity contribution in [2.75, 3.05) is 6.61 Å². The third kappa shape index (κ3) is 1.91. The van der Waals surface area contributed by atoms with Crippen LogP contribution in [0.5, 0.6) is 0 Å². The first-order chi connectivity index (χ1) is 9.53. The molecule has 1 atom stereocenters. The van der Waals surface area contributed by atoms with Crippen molar-refractivity contribution in [3.63, 3.8) is 0 Å². The summed E-state index contributed by atoms with van der Waals surface area (Å²) in [5.74, 6) is -0.777. The van der Waals surface area contributed by atoms with Gasteiger partial charge in [0, 0.05) is 24.4 Å².